The minimum atomic E-state index is -2.19. The highest BCUT2D eigenvalue weighted by molar-refractivity contribution is 7.93. The molecule has 54 valence electrons. The van der Waals surface area contributed by atoms with Crippen molar-refractivity contribution in [3.8, 4) is 0 Å². The Labute approximate surface area is 55.6 Å². The smallest absolute Gasteiger partial charge is 0.250 e. The molecule has 3 nitrogen and oxygen atoms in total. The summed E-state index contributed by atoms with van der Waals surface area (Å²) >= 11 is 0. The third kappa shape index (κ3) is 4.14. The number of amides is 1. The molecule has 0 aliphatic heterocycles. The summed E-state index contributed by atoms with van der Waals surface area (Å²) in [5.41, 5.74) is 0. The van der Waals surface area contributed by atoms with E-state index in [9.17, 15) is 9.00 Å². The SMILES string of the molecule is CC[S@](C)(=O)=NC(C)=O. The van der Waals surface area contributed by atoms with Crippen molar-refractivity contribution in [2.75, 3.05) is 12.0 Å². The lowest BCUT2D eigenvalue weighted by atomic mass is 10.8. The van der Waals surface area contributed by atoms with E-state index >= 15 is 0 Å². The van der Waals surface area contributed by atoms with Crippen LogP contribution in [0.25, 0.3) is 0 Å². The molecule has 0 aromatic carbocycles. The fourth-order valence-corrected chi connectivity index (χ4v) is 1.01. The standard InChI is InChI=1S/C5H11NO2S/c1-4-9(3,8)6-5(2)7/h4H2,1-3H3/t9-/m0/s1. The summed E-state index contributed by atoms with van der Waals surface area (Å²) in [7, 11) is -2.19. The zero-order chi connectivity index (χ0) is 7.49. The lowest BCUT2D eigenvalue weighted by Crippen LogP contribution is -2.01. The van der Waals surface area contributed by atoms with Crippen LogP contribution in [0.1, 0.15) is 13.8 Å². The van der Waals surface area contributed by atoms with Gasteiger partial charge in [-0.25, -0.2) is 4.21 Å². The number of nitrogens with zero attached hydrogens (tertiary/aromatic N) is 1. The van der Waals surface area contributed by atoms with Gasteiger partial charge in [0.25, 0.3) is 5.91 Å². The van der Waals surface area contributed by atoms with Crippen LogP contribution >= 0.6 is 0 Å². The van der Waals surface area contributed by atoms with Crippen molar-refractivity contribution < 1.29 is 9.00 Å². The second-order valence-corrected chi connectivity index (χ2v) is 4.54. The van der Waals surface area contributed by atoms with Crippen LogP contribution in [0.3, 0.4) is 0 Å². The highest BCUT2D eigenvalue weighted by atomic mass is 32.2. The first kappa shape index (κ1) is 8.62. The topological polar surface area (TPSA) is 46.5 Å². The number of carbonyl (C=O) groups excluding carboxylic acids is 1. The Morgan fingerprint density at radius 1 is 1.67 bits per heavy atom. The van der Waals surface area contributed by atoms with Gasteiger partial charge in [-0.05, 0) is 0 Å². The van der Waals surface area contributed by atoms with E-state index in [4.69, 9.17) is 0 Å². The first-order chi connectivity index (χ1) is 3.98. The van der Waals surface area contributed by atoms with Gasteiger partial charge in [0.05, 0.1) is 9.73 Å². The molecule has 0 aromatic heterocycles. The highest BCUT2D eigenvalue weighted by Gasteiger charge is 1.96. The average molecular weight is 149 g/mol. The molecule has 0 bridgehead atoms. The van der Waals surface area contributed by atoms with Gasteiger partial charge in [-0.3, -0.25) is 4.79 Å². The van der Waals surface area contributed by atoms with Gasteiger partial charge >= 0.3 is 0 Å². The van der Waals surface area contributed by atoms with Crippen molar-refractivity contribution in [3.05, 3.63) is 0 Å². The third-order valence-corrected chi connectivity index (χ3v) is 2.57. The Morgan fingerprint density at radius 3 is 2.22 bits per heavy atom. The van der Waals surface area contributed by atoms with E-state index in [-0.39, 0.29) is 5.91 Å². The number of carbonyl (C=O) groups is 1. The second-order valence-electron chi connectivity index (χ2n) is 1.86. The average Bonchev–Trinajstić information content (AvgIpc) is 1.63. The summed E-state index contributed by atoms with van der Waals surface area (Å²) in [4.78, 5) is 10.3. The molecule has 4 heteroatoms. The van der Waals surface area contributed by atoms with Crippen LogP contribution in [0.15, 0.2) is 4.36 Å². The minimum Gasteiger partial charge on any atom is -0.272 e. The van der Waals surface area contributed by atoms with Crippen molar-refractivity contribution in [2.45, 2.75) is 13.8 Å². The summed E-state index contributed by atoms with van der Waals surface area (Å²) in [6, 6.07) is 0. The highest BCUT2D eigenvalue weighted by Crippen LogP contribution is 1.89. The van der Waals surface area contributed by atoms with E-state index in [0.29, 0.717) is 5.75 Å². The molecule has 0 N–H and O–H groups in total. The van der Waals surface area contributed by atoms with Crippen LogP contribution in [0.2, 0.25) is 0 Å². The molecular weight excluding hydrogens is 138 g/mol. The maximum atomic E-state index is 11.0. The van der Waals surface area contributed by atoms with Gasteiger partial charge in [-0.1, -0.05) is 6.92 Å². The van der Waals surface area contributed by atoms with Crippen molar-refractivity contribution >= 4 is 15.6 Å². The van der Waals surface area contributed by atoms with E-state index < -0.39 is 9.73 Å². The predicted octanol–water partition coefficient (Wildman–Crippen LogP) is 0.651. The Morgan fingerprint density at radius 2 is 2.11 bits per heavy atom. The predicted molar refractivity (Wildman–Crippen MR) is 37.7 cm³/mol. The van der Waals surface area contributed by atoms with Gasteiger partial charge in [0, 0.05) is 18.9 Å². The van der Waals surface area contributed by atoms with Crippen molar-refractivity contribution in [1.82, 2.24) is 0 Å². The minimum absolute atomic E-state index is 0.357. The fraction of sp³-hybridized carbons (Fsp3) is 0.800. The lowest BCUT2D eigenvalue weighted by molar-refractivity contribution is -0.115. The molecule has 0 saturated carbocycles. The molecule has 9 heavy (non-hydrogen) atoms. The van der Waals surface area contributed by atoms with Crippen LogP contribution in [0.4, 0.5) is 0 Å². The van der Waals surface area contributed by atoms with Crippen molar-refractivity contribution in [2.24, 2.45) is 4.36 Å². The molecule has 0 heterocycles. The largest absolute Gasteiger partial charge is 0.272 e. The van der Waals surface area contributed by atoms with Crippen LogP contribution < -0.4 is 0 Å². The monoisotopic (exact) mass is 149 g/mol. The molecule has 0 aliphatic carbocycles. The Bertz CT molecular complexity index is 213. The van der Waals surface area contributed by atoms with Crippen molar-refractivity contribution in [1.29, 1.82) is 0 Å². The van der Waals surface area contributed by atoms with Gasteiger partial charge in [0.1, 0.15) is 0 Å². The summed E-state index contributed by atoms with van der Waals surface area (Å²) in [5.74, 6) is 0.0800. The number of hydrogen-bond acceptors (Lipinski definition) is 2. The molecule has 0 aromatic rings. The van der Waals surface area contributed by atoms with Crippen LogP contribution in [0, 0.1) is 0 Å². The van der Waals surface area contributed by atoms with Gasteiger partial charge in [-0.15, -0.1) is 0 Å². The van der Waals surface area contributed by atoms with E-state index in [1.165, 1.54) is 13.2 Å². The van der Waals surface area contributed by atoms with Crippen LogP contribution in [-0.4, -0.2) is 22.1 Å². The quantitative estimate of drug-likeness (QED) is 0.549. The van der Waals surface area contributed by atoms with Gasteiger partial charge in [0.15, 0.2) is 0 Å². The Kier molecular flexibility index (Phi) is 2.84. The zero-order valence-electron chi connectivity index (χ0n) is 5.88. The van der Waals surface area contributed by atoms with Crippen molar-refractivity contribution in [3.63, 3.8) is 0 Å². The van der Waals surface area contributed by atoms with E-state index in [0.717, 1.165) is 0 Å². The van der Waals surface area contributed by atoms with Crippen LogP contribution in [0.5, 0.6) is 0 Å². The summed E-state index contributed by atoms with van der Waals surface area (Å²) in [6.45, 7) is 3.05. The van der Waals surface area contributed by atoms with E-state index in [1.54, 1.807) is 6.92 Å². The maximum Gasteiger partial charge on any atom is 0.250 e. The van der Waals surface area contributed by atoms with Gasteiger partial charge in [-0.2, -0.15) is 4.36 Å². The summed E-state index contributed by atoms with van der Waals surface area (Å²) < 4.78 is 14.4. The second kappa shape index (κ2) is 2.96. The molecule has 0 saturated heterocycles. The molecule has 0 radical (unpaired) electrons. The maximum absolute atomic E-state index is 11.0. The molecule has 0 spiro atoms. The molecule has 0 unspecified atom stereocenters. The molecule has 0 fully saturated rings. The number of hydrogen-bond donors (Lipinski definition) is 0. The van der Waals surface area contributed by atoms with Gasteiger partial charge in [0.2, 0.25) is 0 Å². The first-order valence-corrected chi connectivity index (χ1v) is 4.77. The first-order valence-electron chi connectivity index (χ1n) is 2.68. The fourth-order valence-electron chi connectivity index (χ4n) is 0.336. The Hall–Kier alpha value is -0.380. The zero-order valence-corrected chi connectivity index (χ0v) is 6.70. The van der Waals surface area contributed by atoms with E-state index in [2.05, 4.69) is 4.36 Å². The molecule has 0 aliphatic rings. The van der Waals surface area contributed by atoms with Crippen LogP contribution in [-0.2, 0) is 14.5 Å². The molecule has 0 rings (SSSR count). The number of rotatable bonds is 1. The lowest BCUT2D eigenvalue weighted by Gasteiger charge is -1.93. The van der Waals surface area contributed by atoms with E-state index in [1.807, 2.05) is 0 Å². The molecule has 1 atom stereocenters. The molecular formula is C5H11NO2S. The summed E-state index contributed by atoms with van der Waals surface area (Å²) in [5, 5.41) is 0. The summed E-state index contributed by atoms with van der Waals surface area (Å²) in [6.07, 6.45) is 1.48. The van der Waals surface area contributed by atoms with Gasteiger partial charge < -0.3 is 0 Å². The Balaban J connectivity index is 4.50. The molecule has 1 amide bonds. The normalized spacial score (nSPS) is 16.3. The third-order valence-electron chi connectivity index (χ3n) is 0.857.